The Labute approximate surface area is 131 Å². The summed E-state index contributed by atoms with van der Waals surface area (Å²) in [5, 5.41) is 2.97. The van der Waals surface area contributed by atoms with Crippen molar-refractivity contribution in [3.8, 4) is 0 Å². The number of aryl methyl sites for hydroxylation is 1. The van der Waals surface area contributed by atoms with Gasteiger partial charge in [0.05, 0.1) is 17.7 Å². The molecule has 0 radical (unpaired) electrons. The quantitative estimate of drug-likeness (QED) is 0.730. The molecular weight excluding hydrogens is 355 g/mol. The molecule has 0 saturated heterocycles. The molecule has 0 saturated carbocycles. The van der Waals surface area contributed by atoms with Gasteiger partial charge < -0.3 is 10.3 Å². The molecule has 112 valence electrons. The molecular formula is C14H10BrFN4O2. The fourth-order valence-corrected chi connectivity index (χ4v) is 2.45. The van der Waals surface area contributed by atoms with Crippen LogP contribution in [0.5, 0.6) is 0 Å². The second-order valence-corrected chi connectivity index (χ2v) is 5.55. The Morgan fingerprint density at radius 3 is 2.77 bits per heavy atom. The predicted molar refractivity (Wildman–Crippen MR) is 85.0 cm³/mol. The first-order valence-electron chi connectivity index (χ1n) is 6.27. The van der Waals surface area contributed by atoms with E-state index in [4.69, 9.17) is 0 Å². The number of aromatic amines is 1. The third-order valence-corrected chi connectivity index (χ3v) is 3.71. The molecule has 0 aliphatic carbocycles. The molecule has 1 aromatic carbocycles. The number of hydrogen-bond acceptors (Lipinski definition) is 4. The predicted octanol–water partition coefficient (Wildman–Crippen LogP) is 2.27. The Hall–Kier alpha value is -2.48. The normalized spacial score (nSPS) is 10.9. The molecule has 2 heterocycles. The Balaban J connectivity index is 2.25. The van der Waals surface area contributed by atoms with Crippen LogP contribution in [0.2, 0.25) is 0 Å². The summed E-state index contributed by atoms with van der Waals surface area (Å²) < 4.78 is 15.8. The molecule has 0 atom stereocenters. The van der Waals surface area contributed by atoms with Crippen LogP contribution in [-0.2, 0) is 7.05 Å². The van der Waals surface area contributed by atoms with Crippen molar-refractivity contribution in [1.82, 2.24) is 14.5 Å². The molecule has 3 rings (SSSR count). The van der Waals surface area contributed by atoms with E-state index in [2.05, 4.69) is 31.2 Å². The summed E-state index contributed by atoms with van der Waals surface area (Å²) in [6.45, 7) is 0. The summed E-state index contributed by atoms with van der Waals surface area (Å²) in [5.74, 6) is -0.511. The molecule has 8 heteroatoms. The van der Waals surface area contributed by atoms with Crippen LogP contribution >= 0.6 is 15.9 Å². The highest BCUT2D eigenvalue weighted by atomic mass is 79.9. The van der Waals surface area contributed by atoms with E-state index < -0.39 is 11.4 Å². The van der Waals surface area contributed by atoms with E-state index in [1.165, 1.54) is 36.1 Å². The number of nitrogens with one attached hydrogen (secondary N) is 2. The average molecular weight is 365 g/mol. The molecule has 2 aromatic heterocycles. The van der Waals surface area contributed by atoms with Crippen molar-refractivity contribution in [3.05, 3.63) is 61.6 Å². The summed E-state index contributed by atoms with van der Waals surface area (Å²) in [5.41, 5.74) is -0.197. The van der Waals surface area contributed by atoms with E-state index in [1.54, 1.807) is 6.07 Å². The summed E-state index contributed by atoms with van der Waals surface area (Å²) in [6.07, 6.45) is 1.22. The minimum atomic E-state index is -0.511. The summed E-state index contributed by atoms with van der Waals surface area (Å²) in [7, 11) is 1.51. The van der Waals surface area contributed by atoms with Gasteiger partial charge in [0.1, 0.15) is 11.2 Å². The number of fused-ring (bicyclic) bond motifs is 1. The number of pyridine rings is 1. The first-order chi connectivity index (χ1) is 10.5. The smallest absolute Gasteiger partial charge is 0.262 e. The molecule has 0 amide bonds. The van der Waals surface area contributed by atoms with Gasteiger partial charge in [0.2, 0.25) is 0 Å². The summed E-state index contributed by atoms with van der Waals surface area (Å²) in [4.78, 5) is 30.5. The SMILES string of the molecule is Cn1c(=O)cc(Nc2ccc(Br)cc2F)c2c(=O)[nH]cnc21. The van der Waals surface area contributed by atoms with Gasteiger partial charge >= 0.3 is 0 Å². The Bertz CT molecular complexity index is 996. The zero-order valence-corrected chi connectivity index (χ0v) is 12.9. The summed E-state index contributed by atoms with van der Waals surface area (Å²) >= 11 is 3.17. The van der Waals surface area contributed by atoms with Crippen molar-refractivity contribution < 1.29 is 4.39 Å². The van der Waals surface area contributed by atoms with Gasteiger partial charge in [-0.05, 0) is 18.2 Å². The molecule has 0 aliphatic heterocycles. The Morgan fingerprint density at radius 2 is 2.05 bits per heavy atom. The van der Waals surface area contributed by atoms with Crippen LogP contribution in [0.15, 0.2) is 44.7 Å². The largest absolute Gasteiger partial charge is 0.352 e. The highest BCUT2D eigenvalue weighted by molar-refractivity contribution is 9.10. The lowest BCUT2D eigenvalue weighted by Gasteiger charge is -2.11. The number of anilines is 2. The number of aromatic nitrogens is 3. The number of nitrogens with zero attached hydrogens (tertiary/aromatic N) is 2. The standard InChI is InChI=1S/C14H10BrFN4O2/c1-20-11(21)5-10(12-13(20)17-6-18-14(12)22)19-9-3-2-7(15)4-8(9)16/h2-6,19H,1H3,(H,17,18,22). The second-order valence-electron chi connectivity index (χ2n) is 4.63. The van der Waals surface area contributed by atoms with Crippen LogP contribution in [0.4, 0.5) is 15.8 Å². The van der Waals surface area contributed by atoms with Crippen LogP contribution in [0.1, 0.15) is 0 Å². The molecule has 0 spiro atoms. The average Bonchev–Trinajstić information content (AvgIpc) is 2.47. The summed E-state index contributed by atoms with van der Waals surface area (Å²) in [6, 6.07) is 5.68. The third-order valence-electron chi connectivity index (χ3n) is 3.22. The fraction of sp³-hybridized carbons (Fsp3) is 0.0714. The fourth-order valence-electron chi connectivity index (χ4n) is 2.12. The molecule has 6 nitrogen and oxygen atoms in total. The molecule has 0 aliphatic rings. The lowest BCUT2D eigenvalue weighted by Crippen LogP contribution is -2.21. The zero-order valence-electron chi connectivity index (χ0n) is 11.4. The van der Waals surface area contributed by atoms with Crippen molar-refractivity contribution in [1.29, 1.82) is 0 Å². The maximum atomic E-state index is 13.9. The van der Waals surface area contributed by atoms with E-state index >= 15 is 0 Å². The highest BCUT2D eigenvalue weighted by Gasteiger charge is 2.13. The van der Waals surface area contributed by atoms with Crippen molar-refractivity contribution in [3.63, 3.8) is 0 Å². The molecule has 22 heavy (non-hydrogen) atoms. The number of rotatable bonds is 2. The van der Waals surface area contributed by atoms with Gasteiger partial charge in [-0.3, -0.25) is 14.2 Å². The number of hydrogen-bond donors (Lipinski definition) is 2. The molecule has 0 unspecified atom stereocenters. The number of benzene rings is 1. The second kappa shape index (κ2) is 5.38. The Kier molecular flexibility index (Phi) is 3.53. The van der Waals surface area contributed by atoms with Crippen molar-refractivity contribution in [2.24, 2.45) is 7.05 Å². The topological polar surface area (TPSA) is 79.8 Å². The van der Waals surface area contributed by atoms with Crippen LogP contribution < -0.4 is 16.4 Å². The minimum absolute atomic E-state index is 0.154. The van der Waals surface area contributed by atoms with E-state index in [1.807, 2.05) is 0 Å². The maximum Gasteiger partial charge on any atom is 0.262 e. The van der Waals surface area contributed by atoms with Gasteiger partial charge in [0.15, 0.2) is 5.65 Å². The highest BCUT2D eigenvalue weighted by Crippen LogP contribution is 2.25. The molecule has 3 aromatic rings. The van der Waals surface area contributed by atoms with Gasteiger partial charge in [-0.25, -0.2) is 9.37 Å². The maximum absolute atomic E-state index is 13.9. The van der Waals surface area contributed by atoms with Crippen molar-refractivity contribution in [2.75, 3.05) is 5.32 Å². The van der Waals surface area contributed by atoms with Crippen LogP contribution in [-0.4, -0.2) is 14.5 Å². The van der Waals surface area contributed by atoms with Crippen molar-refractivity contribution in [2.45, 2.75) is 0 Å². The van der Waals surface area contributed by atoms with Crippen molar-refractivity contribution >= 4 is 38.3 Å². The van der Waals surface area contributed by atoms with Crippen LogP contribution in [0, 0.1) is 5.82 Å². The lowest BCUT2D eigenvalue weighted by molar-refractivity contribution is 0.631. The third kappa shape index (κ3) is 2.41. The first-order valence-corrected chi connectivity index (χ1v) is 7.06. The van der Waals surface area contributed by atoms with Crippen LogP contribution in [0.3, 0.4) is 0 Å². The first kappa shape index (κ1) is 14.5. The monoisotopic (exact) mass is 364 g/mol. The van der Waals surface area contributed by atoms with E-state index in [0.29, 0.717) is 4.47 Å². The molecule has 2 N–H and O–H groups in total. The molecule has 0 fully saturated rings. The number of H-pyrrole nitrogens is 1. The van der Waals surface area contributed by atoms with Gasteiger partial charge in [-0.1, -0.05) is 15.9 Å². The number of halogens is 2. The van der Waals surface area contributed by atoms with E-state index in [-0.39, 0.29) is 28.0 Å². The zero-order chi connectivity index (χ0) is 15.9. The van der Waals surface area contributed by atoms with Gasteiger partial charge in [0, 0.05) is 17.6 Å². The van der Waals surface area contributed by atoms with E-state index in [9.17, 15) is 14.0 Å². The van der Waals surface area contributed by atoms with E-state index in [0.717, 1.165) is 0 Å². The van der Waals surface area contributed by atoms with Gasteiger partial charge in [-0.15, -0.1) is 0 Å². The minimum Gasteiger partial charge on any atom is -0.352 e. The van der Waals surface area contributed by atoms with Gasteiger partial charge in [0.25, 0.3) is 11.1 Å². The van der Waals surface area contributed by atoms with Gasteiger partial charge in [-0.2, -0.15) is 0 Å². The molecule has 0 bridgehead atoms. The Morgan fingerprint density at radius 1 is 1.27 bits per heavy atom. The lowest BCUT2D eigenvalue weighted by atomic mass is 10.2. The van der Waals surface area contributed by atoms with Crippen LogP contribution in [0.25, 0.3) is 11.0 Å².